The molecule has 1 saturated heterocycles. The van der Waals surface area contributed by atoms with E-state index in [1.165, 1.54) is 0 Å². The van der Waals surface area contributed by atoms with Gasteiger partial charge in [-0.05, 0) is 25.4 Å². The topological polar surface area (TPSA) is 49.8 Å². The second kappa shape index (κ2) is 5.32. The summed E-state index contributed by atoms with van der Waals surface area (Å²) in [5.74, 6) is -0.807. The highest BCUT2D eigenvalue weighted by molar-refractivity contribution is 5.70. The summed E-state index contributed by atoms with van der Waals surface area (Å²) in [5.41, 5.74) is 0. The average Bonchev–Trinajstić information content (AvgIpc) is 2.61. The van der Waals surface area contributed by atoms with E-state index in [0.29, 0.717) is 6.61 Å². The van der Waals surface area contributed by atoms with Gasteiger partial charge in [0.2, 0.25) is 0 Å². The highest BCUT2D eigenvalue weighted by Gasteiger charge is 2.33. The van der Waals surface area contributed by atoms with E-state index in [-0.39, 0.29) is 11.8 Å². The van der Waals surface area contributed by atoms with Crippen molar-refractivity contribution in [3.8, 4) is 0 Å². The van der Waals surface area contributed by atoms with Crippen molar-refractivity contribution < 1.29 is 14.6 Å². The molecule has 0 saturated carbocycles. The van der Waals surface area contributed by atoms with Crippen LogP contribution in [0.3, 0.4) is 0 Å². The molecular weight excluding hydrogens is 182 g/mol. The van der Waals surface area contributed by atoms with Crippen LogP contribution in [-0.2, 0) is 9.53 Å². The predicted octanol–water partition coefficient (Wildman–Crippen LogP) is 0.675. The Balaban J connectivity index is 2.48. The second-order valence-electron chi connectivity index (χ2n) is 3.84. The summed E-state index contributed by atoms with van der Waals surface area (Å²) < 4.78 is 4.95. The lowest BCUT2D eigenvalue weighted by atomic mass is 9.92. The van der Waals surface area contributed by atoms with Crippen molar-refractivity contribution in [2.45, 2.75) is 13.3 Å². The Kier molecular flexibility index (Phi) is 4.35. The minimum absolute atomic E-state index is 0.257. The van der Waals surface area contributed by atoms with Gasteiger partial charge in [-0.3, -0.25) is 4.79 Å². The van der Waals surface area contributed by atoms with Gasteiger partial charge in [0.25, 0.3) is 0 Å². The van der Waals surface area contributed by atoms with Gasteiger partial charge < -0.3 is 14.7 Å². The lowest BCUT2D eigenvalue weighted by molar-refractivity contribution is -0.145. The third kappa shape index (κ3) is 2.69. The molecule has 0 aromatic heterocycles. The highest BCUT2D eigenvalue weighted by atomic mass is 16.5. The van der Waals surface area contributed by atoms with Gasteiger partial charge in [0.15, 0.2) is 0 Å². The number of nitrogens with zero attached hydrogens (tertiary/aromatic N) is 1. The molecule has 4 heteroatoms. The van der Waals surface area contributed by atoms with E-state index < -0.39 is 5.97 Å². The third-order valence-corrected chi connectivity index (χ3v) is 2.99. The van der Waals surface area contributed by atoms with Crippen molar-refractivity contribution >= 4 is 5.97 Å². The van der Waals surface area contributed by atoms with Crippen LogP contribution in [0.25, 0.3) is 0 Å². The van der Waals surface area contributed by atoms with Crippen molar-refractivity contribution in [1.82, 2.24) is 4.90 Å². The fraction of sp³-hybridized carbons (Fsp3) is 0.900. The van der Waals surface area contributed by atoms with E-state index in [9.17, 15) is 4.79 Å². The normalized spacial score (nSPS) is 25.1. The van der Waals surface area contributed by atoms with Crippen LogP contribution in [0.2, 0.25) is 0 Å². The first-order valence-electron chi connectivity index (χ1n) is 5.13. The number of rotatable bonds is 5. The lowest BCUT2D eigenvalue weighted by Gasteiger charge is -2.19. The van der Waals surface area contributed by atoms with Crippen LogP contribution in [0, 0.1) is 11.8 Å². The molecule has 0 aromatic carbocycles. The summed E-state index contributed by atoms with van der Waals surface area (Å²) in [6.07, 6.45) is 0.980. The van der Waals surface area contributed by atoms with Gasteiger partial charge in [-0.2, -0.15) is 0 Å². The van der Waals surface area contributed by atoms with Crippen LogP contribution in [0.1, 0.15) is 13.3 Å². The third-order valence-electron chi connectivity index (χ3n) is 2.99. The maximum Gasteiger partial charge on any atom is 0.309 e. The van der Waals surface area contributed by atoms with Gasteiger partial charge in [-0.25, -0.2) is 0 Å². The van der Waals surface area contributed by atoms with E-state index in [4.69, 9.17) is 9.84 Å². The van der Waals surface area contributed by atoms with Crippen molar-refractivity contribution in [1.29, 1.82) is 0 Å². The number of carboxylic acid groups (broad SMARTS) is 1. The Morgan fingerprint density at radius 3 is 2.86 bits per heavy atom. The largest absolute Gasteiger partial charge is 0.481 e. The molecule has 82 valence electrons. The molecule has 1 N–H and O–H groups in total. The molecule has 2 unspecified atom stereocenters. The van der Waals surface area contributed by atoms with Crippen molar-refractivity contribution in [2.24, 2.45) is 11.8 Å². The van der Waals surface area contributed by atoms with Gasteiger partial charge >= 0.3 is 5.97 Å². The Hall–Kier alpha value is -0.610. The SMILES string of the molecule is CCN1CCC(C(COC)C(=O)O)C1. The molecule has 4 nitrogen and oxygen atoms in total. The Morgan fingerprint density at radius 2 is 2.43 bits per heavy atom. The van der Waals surface area contributed by atoms with Crippen molar-refractivity contribution in [2.75, 3.05) is 33.4 Å². The molecule has 0 bridgehead atoms. The zero-order valence-corrected chi connectivity index (χ0v) is 8.90. The molecule has 1 aliphatic rings. The molecule has 0 spiro atoms. The fourth-order valence-corrected chi connectivity index (χ4v) is 2.07. The molecule has 1 fully saturated rings. The number of carboxylic acids is 1. The van der Waals surface area contributed by atoms with Crippen LogP contribution in [0.4, 0.5) is 0 Å². The number of aliphatic carboxylic acids is 1. The summed E-state index contributed by atoms with van der Waals surface area (Å²) in [6, 6.07) is 0. The number of hydrogen-bond acceptors (Lipinski definition) is 3. The van der Waals surface area contributed by atoms with E-state index >= 15 is 0 Å². The zero-order chi connectivity index (χ0) is 10.6. The number of methoxy groups -OCH3 is 1. The molecule has 0 amide bonds. The van der Waals surface area contributed by atoms with Crippen LogP contribution in [0.15, 0.2) is 0 Å². The van der Waals surface area contributed by atoms with Gasteiger partial charge in [-0.15, -0.1) is 0 Å². The first-order valence-corrected chi connectivity index (χ1v) is 5.13. The number of hydrogen-bond donors (Lipinski definition) is 1. The monoisotopic (exact) mass is 201 g/mol. The second-order valence-corrected chi connectivity index (χ2v) is 3.84. The molecular formula is C10H19NO3. The van der Waals surface area contributed by atoms with E-state index in [2.05, 4.69) is 11.8 Å². The quantitative estimate of drug-likeness (QED) is 0.710. The zero-order valence-electron chi connectivity index (χ0n) is 8.90. The average molecular weight is 201 g/mol. The summed E-state index contributed by atoms with van der Waals surface area (Å²) in [4.78, 5) is 13.3. The summed E-state index contributed by atoms with van der Waals surface area (Å²) in [5, 5.41) is 9.03. The number of carbonyl (C=O) groups is 1. The van der Waals surface area contributed by atoms with Crippen LogP contribution < -0.4 is 0 Å². The van der Waals surface area contributed by atoms with Gasteiger partial charge in [-0.1, -0.05) is 6.92 Å². The Bertz CT molecular complexity index is 196. The number of likely N-dealkylation sites (tertiary alicyclic amines) is 1. The first kappa shape index (κ1) is 11.5. The molecule has 1 heterocycles. The summed E-state index contributed by atoms with van der Waals surface area (Å²) in [6.45, 7) is 5.37. The minimum atomic E-state index is -0.727. The minimum Gasteiger partial charge on any atom is -0.481 e. The molecule has 0 aromatic rings. The van der Waals surface area contributed by atoms with Crippen molar-refractivity contribution in [3.63, 3.8) is 0 Å². The molecule has 14 heavy (non-hydrogen) atoms. The van der Waals surface area contributed by atoms with Gasteiger partial charge in [0.05, 0.1) is 12.5 Å². The lowest BCUT2D eigenvalue weighted by Crippen LogP contribution is -2.30. The van der Waals surface area contributed by atoms with Crippen molar-refractivity contribution in [3.05, 3.63) is 0 Å². The van der Waals surface area contributed by atoms with E-state index in [1.807, 2.05) is 0 Å². The van der Waals surface area contributed by atoms with Crippen LogP contribution in [-0.4, -0.2) is 49.3 Å². The predicted molar refractivity (Wildman–Crippen MR) is 53.2 cm³/mol. The Morgan fingerprint density at radius 1 is 1.71 bits per heavy atom. The fourth-order valence-electron chi connectivity index (χ4n) is 2.07. The molecule has 1 aliphatic heterocycles. The van der Waals surface area contributed by atoms with Crippen LogP contribution in [0.5, 0.6) is 0 Å². The highest BCUT2D eigenvalue weighted by Crippen LogP contribution is 2.24. The first-order chi connectivity index (χ1) is 6.69. The van der Waals surface area contributed by atoms with Gasteiger partial charge in [0.1, 0.15) is 0 Å². The molecule has 2 atom stereocenters. The molecule has 1 rings (SSSR count). The molecule has 0 radical (unpaired) electrons. The van der Waals surface area contributed by atoms with Gasteiger partial charge in [0, 0.05) is 13.7 Å². The summed E-state index contributed by atoms with van der Waals surface area (Å²) >= 11 is 0. The molecule has 0 aliphatic carbocycles. The maximum absolute atomic E-state index is 11.0. The van der Waals surface area contributed by atoms with Crippen LogP contribution >= 0.6 is 0 Å². The maximum atomic E-state index is 11.0. The van der Waals surface area contributed by atoms with E-state index in [0.717, 1.165) is 26.1 Å². The number of ether oxygens (including phenoxy) is 1. The summed E-state index contributed by atoms with van der Waals surface area (Å²) in [7, 11) is 1.56. The van der Waals surface area contributed by atoms with E-state index in [1.54, 1.807) is 7.11 Å². The Labute approximate surface area is 84.8 Å². The standard InChI is InChI=1S/C10H19NO3/c1-3-11-5-4-8(6-11)9(7-14-2)10(12)13/h8-9H,3-7H2,1-2H3,(H,12,13). The smallest absolute Gasteiger partial charge is 0.309 e.